The number of benzene rings is 1. The molecule has 2 atom stereocenters. The molecule has 0 aromatic heterocycles. The SMILES string of the molecule is COCCSC1CCCc2ccccc2C1N. The smallest absolute Gasteiger partial charge is 0.0553 e. The molecule has 1 aliphatic carbocycles. The van der Waals surface area contributed by atoms with Crippen molar-refractivity contribution in [2.45, 2.75) is 30.6 Å². The van der Waals surface area contributed by atoms with Crippen molar-refractivity contribution in [3.05, 3.63) is 35.4 Å². The molecule has 2 nitrogen and oxygen atoms in total. The zero-order valence-electron chi connectivity index (χ0n) is 10.4. The van der Waals surface area contributed by atoms with Crippen molar-refractivity contribution in [1.82, 2.24) is 0 Å². The molecule has 0 spiro atoms. The maximum atomic E-state index is 6.41. The first-order valence-corrected chi connectivity index (χ1v) is 7.31. The molecule has 0 saturated carbocycles. The Morgan fingerprint density at radius 3 is 3.06 bits per heavy atom. The summed E-state index contributed by atoms with van der Waals surface area (Å²) in [5.74, 6) is 1.04. The Hall–Kier alpha value is -0.510. The number of aryl methyl sites for hydroxylation is 1. The summed E-state index contributed by atoms with van der Waals surface area (Å²) in [6.07, 6.45) is 3.63. The lowest BCUT2D eigenvalue weighted by Crippen LogP contribution is -2.24. The summed E-state index contributed by atoms with van der Waals surface area (Å²) in [5, 5.41) is 0.536. The molecule has 17 heavy (non-hydrogen) atoms. The third-order valence-electron chi connectivity index (χ3n) is 3.37. The third kappa shape index (κ3) is 3.24. The lowest BCUT2D eigenvalue weighted by atomic mass is 10.00. The van der Waals surface area contributed by atoms with Crippen molar-refractivity contribution in [3.63, 3.8) is 0 Å². The summed E-state index contributed by atoms with van der Waals surface area (Å²) in [4.78, 5) is 0. The highest BCUT2D eigenvalue weighted by atomic mass is 32.2. The number of nitrogens with two attached hydrogens (primary N) is 1. The number of thioether (sulfide) groups is 1. The normalized spacial score (nSPS) is 24.1. The predicted octanol–water partition coefficient (Wildman–Crippen LogP) is 2.77. The summed E-state index contributed by atoms with van der Waals surface area (Å²) < 4.78 is 5.11. The van der Waals surface area contributed by atoms with Crippen LogP contribution in [0.25, 0.3) is 0 Å². The molecule has 1 aromatic carbocycles. The first kappa shape index (κ1) is 12.9. The lowest BCUT2D eigenvalue weighted by molar-refractivity contribution is 0.218. The van der Waals surface area contributed by atoms with Gasteiger partial charge in [0.25, 0.3) is 0 Å². The van der Waals surface area contributed by atoms with Crippen molar-refractivity contribution in [2.75, 3.05) is 19.5 Å². The molecule has 2 N–H and O–H groups in total. The van der Waals surface area contributed by atoms with E-state index < -0.39 is 0 Å². The summed E-state index contributed by atoms with van der Waals surface area (Å²) in [6.45, 7) is 0.815. The predicted molar refractivity (Wildman–Crippen MR) is 74.4 cm³/mol. The van der Waals surface area contributed by atoms with Crippen LogP contribution in [0.1, 0.15) is 30.0 Å². The molecule has 0 bridgehead atoms. The van der Waals surface area contributed by atoms with Gasteiger partial charge < -0.3 is 10.5 Å². The summed E-state index contributed by atoms with van der Waals surface area (Å²) in [7, 11) is 1.75. The lowest BCUT2D eigenvalue weighted by Gasteiger charge is -2.22. The van der Waals surface area contributed by atoms with Crippen molar-refractivity contribution in [2.24, 2.45) is 5.73 Å². The zero-order valence-corrected chi connectivity index (χ0v) is 11.2. The summed E-state index contributed by atoms with van der Waals surface area (Å²) in [6, 6.07) is 8.80. The van der Waals surface area contributed by atoms with E-state index in [1.807, 2.05) is 11.8 Å². The number of hydrogen-bond acceptors (Lipinski definition) is 3. The van der Waals surface area contributed by atoms with Crippen molar-refractivity contribution < 1.29 is 4.74 Å². The second kappa shape index (κ2) is 6.43. The van der Waals surface area contributed by atoms with E-state index in [-0.39, 0.29) is 6.04 Å². The number of methoxy groups -OCH3 is 1. The molecule has 0 aliphatic heterocycles. The zero-order chi connectivity index (χ0) is 12.1. The molecular formula is C14H21NOS. The molecular weight excluding hydrogens is 230 g/mol. The van der Waals surface area contributed by atoms with E-state index in [2.05, 4.69) is 24.3 Å². The van der Waals surface area contributed by atoms with Gasteiger partial charge in [-0.3, -0.25) is 0 Å². The standard InChI is InChI=1S/C14H21NOS/c1-16-9-10-17-13-8-4-6-11-5-2-3-7-12(11)14(13)15/h2-3,5,7,13-14H,4,6,8-10,15H2,1H3. The van der Waals surface area contributed by atoms with Gasteiger partial charge in [-0.1, -0.05) is 24.3 Å². The molecule has 0 fully saturated rings. The average molecular weight is 251 g/mol. The van der Waals surface area contributed by atoms with Gasteiger partial charge in [0, 0.05) is 24.2 Å². The fraction of sp³-hybridized carbons (Fsp3) is 0.571. The van der Waals surface area contributed by atoms with Gasteiger partial charge in [0.2, 0.25) is 0 Å². The van der Waals surface area contributed by atoms with Crippen LogP contribution in [0, 0.1) is 0 Å². The van der Waals surface area contributed by atoms with Crippen LogP contribution in [0.15, 0.2) is 24.3 Å². The molecule has 0 heterocycles. The van der Waals surface area contributed by atoms with Crippen LogP contribution < -0.4 is 5.73 Å². The van der Waals surface area contributed by atoms with E-state index in [0.717, 1.165) is 12.4 Å². The highest BCUT2D eigenvalue weighted by Gasteiger charge is 2.24. The van der Waals surface area contributed by atoms with Crippen molar-refractivity contribution in [1.29, 1.82) is 0 Å². The number of rotatable bonds is 4. The quantitative estimate of drug-likeness (QED) is 0.660. The van der Waals surface area contributed by atoms with E-state index in [1.165, 1.54) is 30.4 Å². The Morgan fingerprint density at radius 1 is 1.41 bits per heavy atom. The van der Waals surface area contributed by atoms with Crippen LogP contribution >= 0.6 is 11.8 Å². The Balaban J connectivity index is 2.06. The second-order valence-corrected chi connectivity index (χ2v) is 5.87. The minimum Gasteiger partial charge on any atom is -0.384 e. The monoisotopic (exact) mass is 251 g/mol. The topological polar surface area (TPSA) is 35.2 Å². The average Bonchev–Trinajstić information content (AvgIpc) is 2.51. The largest absolute Gasteiger partial charge is 0.384 e. The van der Waals surface area contributed by atoms with Gasteiger partial charge >= 0.3 is 0 Å². The van der Waals surface area contributed by atoms with E-state index >= 15 is 0 Å². The molecule has 0 radical (unpaired) electrons. The van der Waals surface area contributed by atoms with E-state index in [9.17, 15) is 0 Å². The van der Waals surface area contributed by atoms with Crippen LogP contribution in [-0.2, 0) is 11.2 Å². The molecule has 0 saturated heterocycles. The number of fused-ring (bicyclic) bond motifs is 1. The second-order valence-electron chi connectivity index (χ2n) is 4.52. The Morgan fingerprint density at radius 2 is 2.24 bits per heavy atom. The van der Waals surface area contributed by atoms with Crippen molar-refractivity contribution in [3.8, 4) is 0 Å². The first-order chi connectivity index (χ1) is 8.33. The third-order valence-corrected chi connectivity index (χ3v) is 4.73. The van der Waals surface area contributed by atoms with Crippen LogP contribution in [0.2, 0.25) is 0 Å². The Bertz CT molecular complexity index is 356. The number of hydrogen-bond donors (Lipinski definition) is 1. The highest BCUT2D eigenvalue weighted by molar-refractivity contribution is 7.99. The minimum absolute atomic E-state index is 0.176. The van der Waals surface area contributed by atoms with Crippen LogP contribution in [-0.4, -0.2) is 24.7 Å². The molecule has 3 heteroatoms. The fourth-order valence-electron chi connectivity index (χ4n) is 2.43. The molecule has 0 amide bonds. The minimum atomic E-state index is 0.176. The Kier molecular flexibility index (Phi) is 4.89. The summed E-state index contributed by atoms with van der Waals surface area (Å²) in [5.41, 5.74) is 9.20. The molecule has 1 aliphatic rings. The van der Waals surface area contributed by atoms with E-state index in [4.69, 9.17) is 10.5 Å². The molecule has 1 aromatic rings. The Labute approximate surface area is 108 Å². The highest BCUT2D eigenvalue weighted by Crippen LogP contribution is 2.34. The van der Waals surface area contributed by atoms with Gasteiger partial charge in [-0.15, -0.1) is 0 Å². The van der Waals surface area contributed by atoms with E-state index in [0.29, 0.717) is 5.25 Å². The number of ether oxygens (including phenoxy) is 1. The van der Waals surface area contributed by atoms with Gasteiger partial charge in [0.15, 0.2) is 0 Å². The van der Waals surface area contributed by atoms with Crippen molar-refractivity contribution >= 4 is 11.8 Å². The van der Waals surface area contributed by atoms with Gasteiger partial charge in [-0.2, -0.15) is 11.8 Å². The van der Waals surface area contributed by atoms with E-state index in [1.54, 1.807) is 7.11 Å². The molecule has 2 unspecified atom stereocenters. The van der Waals surface area contributed by atoms with Crippen LogP contribution in [0.3, 0.4) is 0 Å². The van der Waals surface area contributed by atoms with Gasteiger partial charge in [-0.05, 0) is 30.4 Å². The van der Waals surface area contributed by atoms with Gasteiger partial charge in [0.05, 0.1) is 6.61 Å². The van der Waals surface area contributed by atoms with Crippen LogP contribution in [0.4, 0.5) is 0 Å². The summed E-state index contributed by atoms with van der Waals surface area (Å²) >= 11 is 1.96. The molecule has 2 rings (SSSR count). The first-order valence-electron chi connectivity index (χ1n) is 6.27. The maximum absolute atomic E-state index is 6.41. The van der Waals surface area contributed by atoms with Gasteiger partial charge in [-0.25, -0.2) is 0 Å². The fourth-order valence-corrected chi connectivity index (χ4v) is 3.68. The molecule has 94 valence electrons. The van der Waals surface area contributed by atoms with Gasteiger partial charge in [0.1, 0.15) is 0 Å². The van der Waals surface area contributed by atoms with Crippen LogP contribution in [0.5, 0.6) is 0 Å². The maximum Gasteiger partial charge on any atom is 0.0553 e.